The monoisotopic (exact) mass is 462 g/mol. The first-order valence-corrected chi connectivity index (χ1v) is 10.2. The molecule has 1 unspecified atom stereocenters. The zero-order valence-corrected chi connectivity index (χ0v) is 17.9. The van der Waals surface area contributed by atoms with Gasteiger partial charge in [-0.2, -0.15) is 5.01 Å². The average molecular weight is 463 g/mol. The molecule has 2 aromatic carbocycles. The van der Waals surface area contributed by atoms with Crippen molar-refractivity contribution in [3.8, 4) is 5.75 Å². The SMILES string of the molecule is CC(Oc1cccc(/C=C2/SC(=S)N(NC(=O)c3ccccc3Cl)C2=O)c1)C(=O)O. The molecule has 1 fully saturated rings. The molecule has 0 radical (unpaired) electrons. The molecule has 0 bridgehead atoms. The van der Waals surface area contributed by atoms with Crippen LogP contribution in [-0.2, 0) is 9.59 Å². The minimum absolute atomic E-state index is 0.165. The fraction of sp³-hybridized carbons (Fsp3) is 0.100. The van der Waals surface area contributed by atoms with Crippen molar-refractivity contribution in [2.45, 2.75) is 13.0 Å². The number of amides is 2. The number of thiocarbonyl (C=S) groups is 1. The van der Waals surface area contributed by atoms with Crippen LogP contribution in [-0.4, -0.2) is 38.3 Å². The van der Waals surface area contributed by atoms with E-state index in [1.807, 2.05) is 0 Å². The van der Waals surface area contributed by atoms with Gasteiger partial charge in [-0.05, 0) is 55.0 Å². The number of nitrogens with zero attached hydrogens (tertiary/aromatic N) is 1. The van der Waals surface area contributed by atoms with Gasteiger partial charge in [0.25, 0.3) is 11.8 Å². The summed E-state index contributed by atoms with van der Waals surface area (Å²) in [5.41, 5.74) is 3.30. The number of carboxylic acid groups (broad SMARTS) is 1. The van der Waals surface area contributed by atoms with E-state index in [0.29, 0.717) is 16.2 Å². The maximum Gasteiger partial charge on any atom is 0.344 e. The third kappa shape index (κ3) is 4.99. The summed E-state index contributed by atoms with van der Waals surface area (Å²) in [5.74, 6) is -1.79. The van der Waals surface area contributed by atoms with Crippen LogP contribution in [0.15, 0.2) is 53.4 Å². The Labute approximate surface area is 186 Å². The number of hydrogen-bond donors (Lipinski definition) is 2. The molecule has 2 N–H and O–H groups in total. The molecule has 0 spiro atoms. The van der Waals surface area contributed by atoms with Gasteiger partial charge in [0.15, 0.2) is 10.4 Å². The number of carboxylic acids is 1. The van der Waals surface area contributed by atoms with E-state index in [-0.39, 0.29) is 14.9 Å². The molecule has 0 aromatic heterocycles. The Balaban J connectivity index is 1.76. The number of rotatable bonds is 6. The highest BCUT2D eigenvalue weighted by atomic mass is 35.5. The lowest BCUT2D eigenvalue weighted by molar-refractivity contribution is -0.144. The summed E-state index contributed by atoms with van der Waals surface area (Å²) in [6, 6.07) is 13.1. The summed E-state index contributed by atoms with van der Waals surface area (Å²) >= 11 is 12.3. The number of carbonyl (C=O) groups is 3. The number of aliphatic carboxylic acids is 1. The highest BCUT2D eigenvalue weighted by Gasteiger charge is 2.34. The molecule has 1 heterocycles. The number of halogens is 1. The topological polar surface area (TPSA) is 95.9 Å². The molecular weight excluding hydrogens is 448 g/mol. The van der Waals surface area contributed by atoms with E-state index in [9.17, 15) is 14.4 Å². The van der Waals surface area contributed by atoms with E-state index < -0.39 is 23.9 Å². The second kappa shape index (κ2) is 9.29. The number of benzene rings is 2. The molecule has 3 rings (SSSR count). The van der Waals surface area contributed by atoms with Crippen molar-refractivity contribution in [3.05, 3.63) is 69.6 Å². The largest absolute Gasteiger partial charge is 0.479 e. The zero-order chi connectivity index (χ0) is 21.8. The molecule has 1 aliphatic heterocycles. The van der Waals surface area contributed by atoms with Crippen molar-refractivity contribution in [1.82, 2.24) is 10.4 Å². The fourth-order valence-electron chi connectivity index (χ4n) is 2.45. The minimum atomic E-state index is -1.09. The molecule has 2 aromatic rings. The third-order valence-corrected chi connectivity index (χ3v) is 5.57. The van der Waals surface area contributed by atoms with Crippen molar-refractivity contribution in [2.24, 2.45) is 0 Å². The molecule has 1 aliphatic rings. The van der Waals surface area contributed by atoms with Gasteiger partial charge in [0.2, 0.25) is 0 Å². The molecule has 0 aliphatic carbocycles. The molecule has 0 saturated carbocycles. The van der Waals surface area contributed by atoms with Crippen LogP contribution >= 0.6 is 35.6 Å². The van der Waals surface area contributed by atoms with Gasteiger partial charge in [-0.15, -0.1) is 0 Å². The van der Waals surface area contributed by atoms with Crippen LogP contribution in [0, 0.1) is 0 Å². The first-order chi connectivity index (χ1) is 14.3. The van der Waals surface area contributed by atoms with Crippen molar-refractivity contribution in [1.29, 1.82) is 0 Å². The van der Waals surface area contributed by atoms with Crippen molar-refractivity contribution in [2.75, 3.05) is 0 Å². The number of ether oxygens (including phenoxy) is 1. The molecule has 154 valence electrons. The highest BCUT2D eigenvalue weighted by Crippen LogP contribution is 2.32. The fourth-order valence-corrected chi connectivity index (χ4v) is 3.86. The molecule has 1 saturated heterocycles. The van der Waals surface area contributed by atoms with Gasteiger partial charge in [-0.25, -0.2) is 4.79 Å². The van der Waals surface area contributed by atoms with E-state index in [1.54, 1.807) is 48.5 Å². The summed E-state index contributed by atoms with van der Waals surface area (Å²) < 4.78 is 5.50. The van der Waals surface area contributed by atoms with Crippen molar-refractivity contribution >= 4 is 63.8 Å². The standard InChI is InChI=1S/C20H15ClN2O5S2/c1-11(19(26)27)28-13-6-4-5-12(9-13)10-16-18(25)23(20(29)30-16)22-17(24)14-7-2-3-8-15(14)21/h2-11H,1H3,(H,22,24)(H,26,27)/b16-10+. The van der Waals surface area contributed by atoms with Gasteiger partial charge in [-0.1, -0.05) is 47.6 Å². The predicted molar refractivity (Wildman–Crippen MR) is 118 cm³/mol. The second-order valence-corrected chi connectivity index (χ2v) is 8.19. The van der Waals surface area contributed by atoms with E-state index in [0.717, 1.165) is 16.8 Å². The number of hydrogen-bond acceptors (Lipinski definition) is 6. The lowest BCUT2D eigenvalue weighted by Crippen LogP contribution is -2.44. The number of nitrogens with one attached hydrogen (secondary N) is 1. The van der Waals surface area contributed by atoms with Crippen LogP contribution in [0.5, 0.6) is 5.75 Å². The van der Waals surface area contributed by atoms with E-state index in [1.165, 1.54) is 13.0 Å². The summed E-state index contributed by atoms with van der Waals surface area (Å²) in [5, 5.41) is 10.2. The lowest BCUT2D eigenvalue weighted by Gasteiger charge is -2.16. The van der Waals surface area contributed by atoms with Gasteiger partial charge in [-0.3, -0.25) is 15.0 Å². The van der Waals surface area contributed by atoms with Gasteiger partial charge >= 0.3 is 5.97 Å². The Kier molecular flexibility index (Phi) is 6.76. The van der Waals surface area contributed by atoms with Gasteiger partial charge in [0.1, 0.15) is 5.75 Å². The molecule has 30 heavy (non-hydrogen) atoms. The second-order valence-electron chi connectivity index (χ2n) is 6.11. The first-order valence-electron chi connectivity index (χ1n) is 8.59. The van der Waals surface area contributed by atoms with Gasteiger partial charge in [0, 0.05) is 0 Å². The predicted octanol–water partition coefficient (Wildman–Crippen LogP) is 3.74. The third-order valence-electron chi connectivity index (χ3n) is 3.94. The molecule has 1 atom stereocenters. The van der Waals surface area contributed by atoms with Gasteiger partial charge < -0.3 is 9.84 Å². The van der Waals surface area contributed by atoms with E-state index in [4.69, 9.17) is 33.7 Å². The highest BCUT2D eigenvalue weighted by molar-refractivity contribution is 8.26. The quantitative estimate of drug-likeness (QED) is 0.498. The average Bonchev–Trinajstić information content (AvgIpc) is 2.95. The maximum atomic E-state index is 12.7. The van der Waals surface area contributed by atoms with E-state index in [2.05, 4.69) is 5.43 Å². The van der Waals surface area contributed by atoms with Crippen LogP contribution in [0.1, 0.15) is 22.8 Å². The Morgan fingerprint density at radius 1 is 1.27 bits per heavy atom. The summed E-state index contributed by atoms with van der Waals surface area (Å²) in [7, 11) is 0. The summed E-state index contributed by atoms with van der Waals surface area (Å²) in [4.78, 5) is 36.4. The molecular formula is C20H15ClN2O5S2. The van der Waals surface area contributed by atoms with Crippen molar-refractivity contribution in [3.63, 3.8) is 0 Å². The Hall–Kier alpha value is -2.88. The Bertz CT molecular complexity index is 1070. The van der Waals surface area contributed by atoms with Crippen LogP contribution in [0.3, 0.4) is 0 Å². The van der Waals surface area contributed by atoms with Crippen molar-refractivity contribution < 1.29 is 24.2 Å². The number of hydrazine groups is 1. The van der Waals surface area contributed by atoms with Crippen LogP contribution in [0.4, 0.5) is 0 Å². The maximum absolute atomic E-state index is 12.7. The van der Waals surface area contributed by atoms with Gasteiger partial charge in [0.05, 0.1) is 15.5 Å². The number of carbonyl (C=O) groups excluding carboxylic acids is 2. The molecule has 10 heteroatoms. The Morgan fingerprint density at radius 3 is 2.70 bits per heavy atom. The lowest BCUT2D eigenvalue weighted by atomic mass is 10.2. The zero-order valence-electron chi connectivity index (χ0n) is 15.5. The first kappa shape index (κ1) is 21.8. The summed E-state index contributed by atoms with van der Waals surface area (Å²) in [6.45, 7) is 1.42. The Morgan fingerprint density at radius 2 is 2.00 bits per heavy atom. The van der Waals surface area contributed by atoms with E-state index >= 15 is 0 Å². The normalized spacial score (nSPS) is 15.9. The van der Waals surface area contributed by atoms with Crippen LogP contribution in [0.2, 0.25) is 5.02 Å². The van der Waals surface area contributed by atoms with Crippen LogP contribution in [0.25, 0.3) is 6.08 Å². The molecule has 7 nitrogen and oxygen atoms in total. The molecule has 2 amide bonds. The van der Waals surface area contributed by atoms with Crippen LogP contribution < -0.4 is 10.2 Å². The minimum Gasteiger partial charge on any atom is -0.479 e. The smallest absolute Gasteiger partial charge is 0.344 e. The number of thioether (sulfide) groups is 1. The summed E-state index contributed by atoms with van der Waals surface area (Å²) in [6.07, 6.45) is 0.567.